The molecule has 0 heterocycles. The Balaban J connectivity index is 2.38. The first-order chi connectivity index (χ1) is 11.8. The molecule has 25 heavy (non-hydrogen) atoms. The van der Waals surface area contributed by atoms with Gasteiger partial charge < -0.3 is 4.74 Å². The lowest BCUT2D eigenvalue weighted by Gasteiger charge is -2.20. The molecule has 0 radical (unpaired) electrons. The fourth-order valence-corrected chi connectivity index (χ4v) is 3.13. The number of rotatable bonds is 5. The largest absolute Gasteiger partial charge is 0.450 e. The van der Waals surface area contributed by atoms with E-state index in [2.05, 4.69) is 71.9 Å². The van der Waals surface area contributed by atoms with Crippen molar-refractivity contribution >= 4 is 17.3 Å². The van der Waals surface area contributed by atoms with Gasteiger partial charge in [0, 0.05) is 5.57 Å². The summed E-state index contributed by atoms with van der Waals surface area (Å²) in [7, 11) is 0. The number of para-hydroxylation sites is 1. The van der Waals surface area contributed by atoms with Gasteiger partial charge in [0.2, 0.25) is 0 Å². The van der Waals surface area contributed by atoms with Crippen molar-refractivity contribution in [3.8, 4) is 5.75 Å². The molecule has 2 rings (SSSR count). The highest BCUT2D eigenvalue weighted by molar-refractivity contribution is 8.06. The summed E-state index contributed by atoms with van der Waals surface area (Å²) < 4.78 is 6.20. The van der Waals surface area contributed by atoms with E-state index in [9.17, 15) is 0 Å². The lowest BCUT2D eigenvalue weighted by Crippen LogP contribution is -2.10. The van der Waals surface area contributed by atoms with Gasteiger partial charge in [-0.05, 0) is 54.4 Å². The van der Waals surface area contributed by atoms with E-state index in [1.165, 1.54) is 16.0 Å². The zero-order valence-corrected chi connectivity index (χ0v) is 16.9. The molecule has 0 saturated heterocycles. The highest BCUT2D eigenvalue weighted by Gasteiger charge is 2.15. The monoisotopic (exact) mass is 352 g/mol. The molecule has 132 valence electrons. The number of thioether (sulfide) groups is 1. The lowest BCUT2D eigenvalue weighted by molar-refractivity contribution is 0.468. The molecule has 0 aliphatic carbocycles. The highest BCUT2D eigenvalue weighted by Crippen LogP contribution is 2.34. The molecule has 0 aliphatic rings. The van der Waals surface area contributed by atoms with E-state index in [0.717, 1.165) is 16.4 Å². The minimum absolute atomic E-state index is 0.163. The van der Waals surface area contributed by atoms with Gasteiger partial charge in [0.1, 0.15) is 5.75 Å². The van der Waals surface area contributed by atoms with Crippen LogP contribution in [0.15, 0.2) is 70.7 Å². The Morgan fingerprint density at radius 2 is 1.52 bits per heavy atom. The zero-order chi connectivity index (χ0) is 18.4. The Hall–Kier alpha value is -1.93. The topological polar surface area (TPSA) is 9.23 Å². The second-order valence-corrected chi connectivity index (χ2v) is 8.38. The molecule has 0 atom stereocenters. The number of allylic oxidation sites excluding steroid dienone is 3. The zero-order valence-electron chi connectivity index (χ0n) is 16.1. The van der Waals surface area contributed by atoms with Gasteiger partial charge >= 0.3 is 0 Å². The van der Waals surface area contributed by atoms with Gasteiger partial charge in [-0.3, -0.25) is 0 Å². The maximum Gasteiger partial charge on any atom is 0.168 e. The van der Waals surface area contributed by atoms with Gasteiger partial charge in [-0.15, -0.1) is 0 Å². The fraction of sp³-hybridized carbons (Fsp3) is 0.304. The van der Waals surface area contributed by atoms with Gasteiger partial charge in [-0.2, -0.15) is 0 Å². The molecule has 0 unspecified atom stereocenters. The molecule has 0 aliphatic heterocycles. The van der Waals surface area contributed by atoms with Crippen molar-refractivity contribution in [2.45, 2.75) is 47.0 Å². The van der Waals surface area contributed by atoms with Crippen LogP contribution in [0.1, 0.15) is 52.7 Å². The first-order valence-corrected chi connectivity index (χ1v) is 9.48. The van der Waals surface area contributed by atoms with Crippen molar-refractivity contribution in [2.24, 2.45) is 0 Å². The first kappa shape index (κ1) is 19.4. The van der Waals surface area contributed by atoms with E-state index >= 15 is 0 Å². The van der Waals surface area contributed by atoms with Gasteiger partial charge in [0.25, 0.3) is 0 Å². The van der Waals surface area contributed by atoms with Crippen LogP contribution in [0.5, 0.6) is 5.75 Å². The van der Waals surface area contributed by atoms with Crippen LogP contribution in [0.4, 0.5) is 0 Å². The predicted octanol–water partition coefficient (Wildman–Crippen LogP) is 7.41. The Morgan fingerprint density at radius 3 is 2.04 bits per heavy atom. The Bertz CT molecular complexity index is 747. The molecule has 0 fully saturated rings. The predicted molar refractivity (Wildman–Crippen MR) is 112 cm³/mol. The van der Waals surface area contributed by atoms with E-state index in [-0.39, 0.29) is 5.41 Å². The molecule has 0 saturated carbocycles. The van der Waals surface area contributed by atoms with Crippen LogP contribution in [0, 0.1) is 0 Å². The number of ether oxygens (including phenoxy) is 1. The lowest BCUT2D eigenvalue weighted by atomic mass is 9.86. The summed E-state index contributed by atoms with van der Waals surface area (Å²) in [6.07, 6.45) is 2.11. The molecule has 0 bridgehead atoms. The van der Waals surface area contributed by atoms with Crippen molar-refractivity contribution in [3.05, 3.63) is 81.8 Å². The number of hydrogen-bond acceptors (Lipinski definition) is 2. The van der Waals surface area contributed by atoms with Crippen LogP contribution >= 0.6 is 11.8 Å². The van der Waals surface area contributed by atoms with Crippen LogP contribution < -0.4 is 4.74 Å². The molecule has 0 aromatic heterocycles. The molecule has 0 amide bonds. The average molecular weight is 353 g/mol. The maximum absolute atomic E-state index is 6.20. The van der Waals surface area contributed by atoms with Crippen LogP contribution in [0.2, 0.25) is 0 Å². The van der Waals surface area contributed by atoms with Gasteiger partial charge in [-0.25, -0.2) is 0 Å². The molecule has 1 nitrogen and oxygen atoms in total. The summed E-state index contributed by atoms with van der Waals surface area (Å²) in [6.45, 7) is 13.0. The van der Waals surface area contributed by atoms with Crippen molar-refractivity contribution in [1.29, 1.82) is 0 Å². The number of benzene rings is 2. The van der Waals surface area contributed by atoms with Gasteiger partial charge in [0.15, 0.2) is 5.09 Å². The van der Waals surface area contributed by atoms with E-state index < -0.39 is 0 Å². The summed E-state index contributed by atoms with van der Waals surface area (Å²) >= 11 is 1.67. The van der Waals surface area contributed by atoms with Crippen LogP contribution in [-0.2, 0) is 5.41 Å². The Morgan fingerprint density at radius 1 is 0.920 bits per heavy atom. The fourth-order valence-electron chi connectivity index (χ4n) is 2.31. The maximum atomic E-state index is 6.20. The summed E-state index contributed by atoms with van der Waals surface area (Å²) in [5, 5.41) is 0.922. The van der Waals surface area contributed by atoms with Crippen molar-refractivity contribution in [2.75, 3.05) is 0 Å². The first-order valence-electron chi connectivity index (χ1n) is 8.66. The van der Waals surface area contributed by atoms with E-state index in [1.807, 2.05) is 30.3 Å². The minimum atomic E-state index is 0.163. The molecular weight excluding hydrogens is 324 g/mol. The van der Waals surface area contributed by atoms with Crippen molar-refractivity contribution in [1.82, 2.24) is 0 Å². The van der Waals surface area contributed by atoms with Crippen LogP contribution in [0.25, 0.3) is 5.57 Å². The summed E-state index contributed by atoms with van der Waals surface area (Å²) in [6, 6.07) is 18.8. The number of hydrogen-bond donors (Lipinski definition) is 0. The quantitative estimate of drug-likeness (QED) is 0.518. The molecule has 2 aromatic rings. The van der Waals surface area contributed by atoms with Gasteiger partial charge in [0.05, 0.1) is 0 Å². The minimum Gasteiger partial charge on any atom is -0.450 e. The van der Waals surface area contributed by atoms with Crippen LogP contribution in [0.3, 0.4) is 0 Å². The van der Waals surface area contributed by atoms with E-state index in [0.29, 0.717) is 0 Å². The smallest absolute Gasteiger partial charge is 0.168 e. The third-order valence-corrected chi connectivity index (χ3v) is 5.24. The molecular formula is C23H28OS. The average Bonchev–Trinajstić information content (AvgIpc) is 2.60. The summed E-state index contributed by atoms with van der Waals surface area (Å²) in [5.41, 5.74) is 3.84. The SMILES string of the molecule is C/C=C(/C)S/C(Oc1ccccc1)=C(\C)c1ccc(C(C)(C)C)cc1. The summed E-state index contributed by atoms with van der Waals surface area (Å²) in [5.74, 6) is 0.861. The molecule has 2 heteroatoms. The second-order valence-electron chi connectivity index (χ2n) is 7.16. The Labute approximate surface area is 156 Å². The highest BCUT2D eigenvalue weighted by atomic mass is 32.2. The Kier molecular flexibility index (Phi) is 6.55. The van der Waals surface area contributed by atoms with Gasteiger partial charge in [-0.1, -0.05) is 81.1 Å². The molecule has 0 N–H and O–H groups in total. The molecule has 0 spiro atoms. The third-order valence-electron chi connectivity index (χ3n) is 4.10. The van der Waals surface area contributed by atoms with E-state index in [1.54, 1.807) is 11.8 Å². The standard InChI is InChI=1S/C23H28OS/c1-7-17(2)25-22(24-21-11-9-8-10-12-21)18(3)19-13-15-20(16-14-19)23(4,5)6/h7-16H,1-6H3/b17-7-,22-18+. The molecule has 2 aromatic carbocycles. The third kappa shape index (κ3) is 5.54. The van der Waals surface area contributed by atoms with E-state index in [4.69, 9.17) is 4.74 Å². The van der Waals surface area contributed by atoms with Crippen molar-refractivity contribution in [3.63, 3.8) is 0 Å². The second kappa shape index (κ2) is 8.44. The van der Waals surface area contributed by atoms with Crippen molar-refractivity contribution < 1.29 is 4.74 Å². The normalized spacial score (nSPS) is 13.4. The van der Waals surface area contributed by atoms with Crippen LogP contribution in [-0.4, -0.2) is 0 Å². The summed E-state index contributed by atoms with van der Waals surface area (Å²) in [4.78, 5) is 1.22.